The molecule has 0 bridgehead atoms. The predicted molar refractivity (Wildman–Crippen MR) is 119 cm³/mol. The van der Waals surface area contributed by atoms with E-state index in [0.717, 1.165) is 27.6 Å². The number of carbonyl (C=O) groups excluding carboxylic acids is 3. The van der Waals surface area contributed by atoms with Crippen molar-refractivity contribution in [1.82, 2.24) is 10.3 Å². The number of para-hydroxylation sites is 1. The van der Waals surface area contributed by atoms with Gasteiger partial charge in [0.15, 0.2) is 6.61 Å². The van der Waals surface area contributed by atoms with Crippen LogP contribution in [-0.2, 0) is 16.0 Å². The van der Waals surface area contributed by atoms with E-state index in [2.05, 4.69) is 15.6 Å². The highest BCUT2D eigenvalue weighted by Gasteiger charge is 2.20. The second-order valence-corrected chi connectivity index (χ2v) is 7.33. The smallest absolute Gasteiger partial charge is 0.340 e. The monoisotopic (exact) mass is 419 g/mol. The topological polar surface area (TPSA) is 97.4 Å². The average Bonchev–Trinajstić information content (AvgIpc) is 2.74. The van der Waals surface area contributed by atoms with Crippen molar-refractivity contribution in [2.75, 3.05) is 11.9 Å². The van der Waals surface area contributed by atoms with Crippen LogP contribution in [0.3, 0.4) is 0 Å². The molecule has 0 aliphatic rings. The molecule has 0 aliphatic carbocycles. The third kappa shape index (κ3) is 5.06. The molecule has 0 radical (unpaired) electrons. The van der Waals surface area contributed by atoms with E-state index in [-0.39, 0.29) is 0 Å². The summed E-state index contributed by atoms with van der Waals surface area (Å²) in [6.45, 7) is 6.96. The maximum Gasteiger partial charge on any atom is 0.340 e. The summed E-state index contributed by atoms with van der Waals surface area (Å²) in [7, 11) is 0. The first-order chi connectivity index (χ1) is 14.8. The van der Waals surface area contributed by atoms with E-state index in [1.807, 2.05) is 64.1 Å². The standard InChI is InChI=1S/C24H25N3O4/c1-5-18-22(16(4)17-8-6-7-9-20(17)25-18)23(29)31-13-21(28)27-24(30)26-19-11-10-14(2)12-15(19)3/h6-12H,5,13H2,1-4H3,(H2,26,27,28,30). The number of hydrogen-bond donors (Lipinski definition) is 2. The van der Waals surface area contributed by atoms with Gasteiger partial charge < -0.3 is 10.1 Å². The lowest BCUT2D eigenvalue weighted by Gasteiger charge is -2.13. The molecular formula is C24H25N3O4. The molecule has 0 saturated heterocycles. The molecule has 3 aromatic rings. The van der Waals surface area contributed by atoms with Crippen LogP contribution in [0.4, 0.5) is 10.5 Å². The van der Waals surface area contributed by atoms with E-state index < -0.39 is 24.5 Å². The Balaban J connectivity index is 1.64. The number of rotatable bonds is 5. The Kier molecular flexibility index (Phi) is 6.65. The number of amides is 3. The largest absolute Gasteiger partial charge is 0.452 e. The third-order valence-electron chi connectivity index (χ3n) is 4.98. The number of hydrogen-bond acceptors (Lipinski definition) is 5. The van der Waals surface area contributed by atoms with E-state index in [9.17, 15) is 14.4 Å². The quantitative estimate of drug-likeness (QED) is 0.603. The van der Waals surface area contributed by atoms with Crippen molar-refractivity contribution in [3.05, 3.63) is 70.4 Å². The second-order valence-electron chi connectivity index (χ2n) is 7.33. The van der Waals surface area contributed by atoms with Crippen LogP contribution in [0, 0.1) is 20.8 Å². The third-order valence-corrected chi connectivity index (χ3v) is 4.98. The van der Waals surface area contributed by atoms with Crippen molar-refractivity contribution in [2.45, 2.75) is 34.1 Å². The number of ether oxygens (including phenoxy) is 1. The molecule has 0 atom stereocenters. The molecule has 0 aliphatic heterocycles. The number of nitrogens with zero attached hydrogens (tertiary/aromatic N) is 1. The highest BCUT2D eigenvalue weighted by Crippen LogP contribution is 2.24. The number of carbonyl (C=O) groups is 3. The molecular weight excluding hydrogens is 394 g/mol. The molecule has 0 fully saturated rings. The van der Waals surface area contributed by atoms with Crippen molar-refractivity contribution < 1.29 is 19.1 Å². The molecule has 31 heavy (non-hydrogen) atoms. The van der Waals surface area contributed by atoms with Crippen LogP contribution < -0.4 is 10.6 Å². The molecule has 2 aromatic carbocycles. The van der Waals surface area contributed by atoms with Crippen LogP contribution in [0.15, 0.2) is 42.5 Å². The van der Waals surface area contributed by atoms with Crippen molar-refractivity contribution >= 4 is 34.5 Å². The van der Waals surface area contributed by atoms with Gasteiger partial charge in [0.25, 0.3) is 5.91 Å². The van der Waals surface area contributed by atoms with Crippen LogP contribution in [-0.4, -0.2) is 29.5 Å². The zero-order chi connectivity index (χ0) is 22.5. The van der Waals surface area contributed by atoms with E-state index in [1.54, 1.807) is 6.07 Å². The van der Waals surface area contributed by atoms with Gasteiger partial charge in [-0.05, 0) is 50.5 Å². The van der Waals surface area contributed by atoms with Crippen LogP contribution in [0.2, 0.25) is 0 Å². The number of aromatic nitrogens is 1. The Bertz CT molecular complexity index is 1170. The zero-order valence-corrected chi connectivity index (χ0v) is 18.0. The number of anilines is 1. The molecule has 0 unspecified atom stereocenters. The first-order valence-electron chi connectivity index (χ1n) is 10.0. The number of urea groups is 1. The zero-order valence-electron chi connectivity index (χ0n) is 18.0. The molecule has 7 heteroatoms. The maximum atomic E-state index is 12.7. The number of fused-ring (bicyclic) bond motifs is 1. The van der Waals surface area contributed by atoms with Gasteiger partial charge >= 0.3 is 12.0 Å². The molecule has 3 amide bonds. The fraction of sp³-hybridized carbons (Fsp3) is 0.250. The highest BCUT2D eigenvalue weighted by molar-refractivity contribution is 6.03. The Morgan fingerprint density at radius 3 is 2.48 bits per heavy atom. The fourth-order valence-corrected chi connectivity index (χ4v) is 3.44. The average molecular weight is 419 g/mol. The van der Waals surface area contributed by atoms with Crippen molar-refractivity contribution in [3.8, 4) is 0 Å². The number of pyridine rings is 1. The minimum absolute atomic E-state index is 0.355. The summed E-state index contributed by atoms with van der Waals surface area (Å²) in [4.78, 5) is 41.4. The van der Waals surface area contributed by atoms with Gasteiger partial charge in [-0.2, -0.15) is 0 Å². The summed E-state index contributed by atoms with van der Waals surface area (Å²) in [6.07, 6.45) is 0.542. The first-order valence-corrected chi connectivity index (χ1v) is 10.0. The summed E-state index contributed by atoms with van der Waals surface area (Å²) in [5.41, 5.74) is 5.05. The van der Waals surface area contributed by atoms with Gasteiger partial charge in [-0.3, -0.25) is 15.1 Å². The normalized spacial score (nSPS) is 10.6. The molecule has 160 valence electrons. The molecule has 2 N–H and O–H groups in total. The molecule has 1 heterocycles. The van der Waals surface area contributed by atoms with Crippen molar-refractivity contribution in [2.24, 2.45) is 0 Å². The van der Waals surface area contributed by atoms with E-state index in [0.29, 0.717) is 23.4 Å². The van der Waals surface area contributed by atoms with Crippen LogP contribution >= 0.6 is 0 Å². The number of benzene rings is 2. The van der Waals surface area contributed by atoms with Crippen LogP contribution in [0.5, 0.6) is 0 Å². The molecule has 1 aromatic heterocycles. The summed E-state index contributed by atoms with van der Waals surface area (Å²) >= 11 is 0. The number of imide groups is 1. The number of aryl methyl sites for hydroxylation is 4. The van der Waals surface area contributed by atoms with E-state index >= 15 is 0 Å². The van der Waals surface area contributed by atoms with E-state index in [4.69, 9.17) is 4.74 Å². The Labute approximate surface area is 180 Å². The van der Waals surface area contributed by atoms with Gasteiger partial charge in [-0.25, -0.2) is 9.59 Å². The number of nitrogens with one attached hydrogen (secondary N) is 2. The van der Waals surface area contributed by atoms with Gasteiger partial charge in [0.1, 0.15) is 0 Å². The minimum Gasteiger partial charge on any atom is -0.452 e. The summed E-state index contributed by atoms with van der Waals surface area (Å²) in [6, 6.07) is 12.4. The van der Waals surface area contributed by atoms with Gasteiger partial charge in [-0.1, -0.05) is 42.8 Å². The summed E-state index contributed by atoms with van der Waals surface area (Å²) in [5, 5.41) is 5.63. The minimum atomic E-state index is -0.722. The van der Waals surface area contributed by atoms with Gasteiger partial charge in [-0.15, -0.1) is 0 Å². The maximum absolute atomic E-state index is 12.7. The Morgan fingerprint density at radius 2 is 1.77 bits per heavy atom. The summed E-state index contributed by atoms with van der Waals surface area (Å²) < 4.78 is 5.18. The lowest BCUT2D eigenvalue weighted by Crippen LogP contribution is -2.37. The van der Waals surface area contributed by atoms with Gasteiger partial charge in [0, 0.05) is 11.1 Å². The van der Waals surface area contributed by atoms with Gasteiger partial charge in [0.2, 0.25) is 0 Å². The fourth-order valence-electron chi connectivity index (χ4n) is 3.44. The molecule has 0 saturated carbocycles. The van der Waals surface area contributed by atoms with Gasteiger partial charge in [0.05, 0.1) is 16.8 Å². The second kappa shape index (κ2) is 9.38. The lowest BCUT2D eigenvalue weighted by atomic mass is 10.0. The highest BCUT2D eigenvalue weighted by atomic mass is 16.5. The van der Waals surface area contributed by atoms with E-state index in [1.165, 1.54) is 0 Å². The predicted octanol–water partition coefficient (Wildman–Crippen LogP) is 4.23. The van der Waals surface area contributed by atoms with Crippen LogP contribution in [0.1, 0.15) is 39.7 Å². The molecule has 3 rings (SSSR count). The van der Waals surface area contributed by atoms with Crippen LogP contribution in [0.25, 0.3) is 10.9 Å². The Hall–Kier alpha value is -3.74. The SMILES string of the molecule is CCc1nc2ccccc2c(C)c1C(=O)OCC(=O)NC(=O)Nc1ccc(C)cc1C. The lowest BCUT2D eigenvalue weighted by molar-refractivity contribution is -0.123. The molecule has 0 spiro atoms. The van der Waals surface area contributed by atoms with Crippen molar-refractivity contribution in [3.63, 3.8) is 0 Å². The Morgan fingerprint density at radius 1 is 1.03 bits per heavy atom. The molecule has 7 nitrogen and oxygen atoms in total. The van der Waals surface area contributed by atoms with Crippen molar-refractivity contribution in [1.29, 1.82) is 0 Å². The summed E-state index contributed by atoms with van der Waals surface area (Å²) in [5.74, 6) is -1.36. The number of esters is 1. The first kappa shape index (κ1) is 22.0.